The molecule has 1 aliphatic heterocycles. The molecule has 5 heteroatoms. The summed E-state index contributed by atoms with van der Waals surface area (Å²) >= 11 is 1.55. The second-order valence-electron chi connectivity index (χ2n) is 5.11. The molecule has 0 fully saturated rings. The molecule has 0 bridgehead atoms. The van der Waals surface area contributed by atoms with Gasteiger partial charge in [-0.1, -0.05) is 24.3 Å². The molecule has 0 atom stereocenters. The average Bonchev–Trinajstić information content (AvgIpc) is 3.12. The maximum absolute atomic E-state index is 12.6. The lowest BCUT2D eigenvalue weighted by molar-refractivity contribution is 0.0964. The van der Waals surface area contributed by atoms with E-state index in [1.165, 1.54) is 0 Å². The van der Waals surface area contributed by atoms with Crippen LogP contribution in [0.5, 0.6) is 0 Å². The van der Waals surface area contributed by atoms with Gasteiger partial charge in [0.2, 0.25) is 0 Å². The normalized spacial score (nSPS) is 13.0. The first kappa shape index (κ1) is 13.0. The number of fused-ring (bicyclic) bond motifs is 2. The minimum absolute atomic E-state index is 0.0907. The van der Waals surface area contributed by atoms with Crippen LogP contribution in [-0.2, 0) is 6.54 Å². The van der Waals surface area contributed by atoms with Crippen molar-refractivity contribution < 1.29 is 9.59 Å². The quantitative estimate of drug-likeness (QED) is 0.762. The van der Waals surface area contributed by atoms with Crippen LogP contribution in [0.25, 0.3) is 10.1 Å². The topological polar surface area (TPSA) is 58.2 Å². The minimum atomic E-state index is -0.148. The molecule has 1 aliphatic rings. The first-order valence-corrected chi connectivity index (χ1v) is 7.79. The molecule has 4 rings (SSSR count). The molecule has 2 aromatic carbocycles. The molecule has 0 unspecified atom stereocenters. The lowest BCUT2D eigenvalue weighted by atomic mass is 10.1. The maximum atomic E-state index is 12.6. The van der Waals surface area contributed by atoms with Crippen LogP contribution in [0.1, 0.15) is 26.3 Å². The first-order chi connectivity index (χ1) is 10.7. The summed E-state index contributed by atoms with van der Waals surface area (Å²) in [4.78, 5) is 24.2. The van der Waals surface area contributed by atoms with E-state index in [-0.39, 0.29) is 11.8 Å². The fraction of sp³-hybridized carbons (Fsp3) is 0.0588. The van der Waals surface area contributed by atoms with E-state index in [0.29, 0.717) is 23.4 Å². The average molecular weight is 308 g/mol. The van der Waals surface area contributed by atoms with Gasteiger partial charge in [0.25, 0.3) is 11.8 Å². The van der Waals surface area contributed by atoms with Crippen molar-refractivity contribution in [1.29, 1.82) is 0 Å². The zero-order valence-corrected chi connectivity index (χ0v) is 12.4. The summed E-state index contributed by atoms with van der Waals surface area (Å²) in [6.07, 6.45) is 0. The monoisotopic (exact) mass is 308 g/mol. The molecular weight excluding hydrogens is 296 g/mol. The number of benzene rings is 2. The minimum Gasteiger partial charge on any atom is -0.348 e. The Hall–Kier alpha value is -2.66. The van der Waals surface area contributed by atoms with Crippen molar-refractivity contribution in [1.82, 2.24) is 5.32 Å². The molecule has 4 nitrogen and oxygen atoms in total. The van der Waals surface area contributed by atoms with E-state index in [2.05, 4.69) is 10.6 Å². The number of anilines is 1. The zero-order chi connectivity index (χ0) is 15.1. The molecule has 0 saturated carbocycles. The largest absolute Gasteiger partial charge is 0.348 e. The number of thiophene rings is 1. The van der Waals surface area contributed by atoms with Crippen LogP contribution < -0.4 is 10.6 Å². The van der Waals surface area contributed by atoms with Gasteiger partial charge in [0.15, 0.2) is 0 Å². The lowest BCUT2D eigenvalue weighted by Gasteiger charge is -2.08. The van der Waals surface area contributed by atoms with Crippen molar-refractivity contribution in [3.63, 3.8) is 0 Å². The highest BCUT2D eigenvalue weighted by Crippen LogP contribution is 2.28. The van der Waals surface area contributed by atoms with Gasteiger partial charge in [0.1, 0.15) is 0 Å². The number of carbonyl (C=O) groups is 2. The van der Waals surface area contributed by atoms with E-state index < -0.39 is 0 Å². The molecule has 2 amide bonds. The Bertz CT molecular complexity index is 914. The van der Waals surface area contributed by atoms with Crippen molar-refractivity contribution in [2.75, 3.05) is 5.32 Å². The van der Waals surface area contributed by atoms with Crippen LogP contribution >= 0.6 is 11.3 Å². The standard InChI is InChI=1S/C17H12N2O2S/c20-16-11-5-3-6-14(12(11)8-18-16)19-17(21)13-9-22-15-7-2-1-4-10(13)15/h1-7,9H,8H2,(H,18,20)(H,19,21). The second kappa shape index (κ2) is 4.96. The number of hydrogen-bond donors (Lipinski definition) is 2. The number of hydrogen-bond acceptors (Lipinski definition) is 3. The van der Waals surface area contributed by atoms with Crippen molar-refractivity contribution >= 4 is 38.9 Å². The molecule has 2 N–H and O–H groups in total. The summed E-state index contributed by atoms with van der Waals surface area (Å²) < 4.78 is 1.09. The molecule has 3 aromatic rings. The fourth-order valence-electron chi connectivity index (χ4n) is 2.71. The molecule has 108 valence electrons. The summed E-state index contributed by atoms with van der Waals surface area (Å²) in [7, 11) is 0. The molecule has 0 spiro atoms. The highest BCUT2D eigenvalue weighted by molar-refractivity contribution is 7.17. The van der Waals surface area contributed by atoms with Crippen LogP contribution in [0.15, 0.2) is 47.8 Å². The number of carbonyl (C=O) groups excluding carboxylic acids is 2. The molecule has 2 heterocycles. The van der Waals surface area contributed by atoms with E-state index in [1.807, 2.05) is 35.7 Å². The van der Waals surface area contributed by atoms with Crippen LogP contribution in [0.3, 0.4) is 0 Å². The van der Waals surface area contributed by atoms with E-state index in [9.17, 15) is 9.59 Å². The van der Waals surface area contributed by atoms with Crippen molar-refractivity contribution in [2.45, 2.75) is 6.54 Å². The predicted octanol–water partition coefficient (Wildman–Crippen LogP) is 3.40. The van der Waals surface area contributed by atoms with Gasteiger partial charge < -0.3 is 10.6 Å². The van der Waals surface area contributed by atoms with Gasteiger partial charge in [-0.2, -0.15) is 0 Å². The van der Waals surface area contributed by atoms with Gasteiger partial charge in [-0.3, -0.25) is 9.59 Å². The Morgan fingerprint density at radius 2 is 2.00 bits per heavy atom. The number of nitrogens with one attached hydrogen (secondary N) is 2. The molecule has 0 saturated heterocycles. The Kier molecular flexibility index (Phi) is 2.94. The molecule has 22 heavy (non-hydrogen) atoms. The summed E-state index contributed by atoms with van der Waals surface area (Å²) in [5.41, 5.74) is 2.83. The zero-order valence-electron chi connectivity index (χ0n) is 11.6. The van der Waals surface area contributed by atoms with Gasteiger partial charge >= 0.3 is 0 Å². The van der Waals surface area contributed by atoms with Crippen molar-refractivity contribution in [3.05, 3.63) is 64.5 Å². The van der Waals surface area contributed by atoms with Gasteiger partial charge in [-0.15, -0.1) is 11.3 Å². The summed E-state index contributed by atoms with van der Waals surface area (Å²) in [6, 6.07) is 13.2. The Morgan fingerprint density at radius 3 is 2.91 bits per heavy atom. The third kappa shape index (κ3) is 1.98. The van der Waals surface area contributed by atoms with Crippen LogP contribution in [0.2, 0.25) is 0 Å². The van der Waals surface area contributed by atoms with Gasteiger partial charge in [-0.25, -0.2) is 0 Å². The molecular formula is C17H12N2O2S. The summed E-state index contributed by atoms with van der Waals surface area (Å²) in [6.45, 7) is 0.453. The van der Waals surface area contributed by atoms with Crippen molar-refractivity contribution in [3.8, 4) is 0 Å². The van der Waals surface area contributed by atoms with Gasteiger partial charge in [0, 0.05) is 38.8 Å². The first-order valence-electron chi connectivity index (χ1n) is 6.92. The van der Waals surface area contributed by atoms with E-state index >= 15 is 0 Å². The Balaban J connectivity index is 1.70. The maximum Gasteiger partial charge on any atom is 0.257 e. The van der Waals surface area contributed by atoms with Crippen LogP contribution in [0.4, 0.5) is 5.69 Å². The van der Waals surface area contributed by atoms with E-state index in [0.717, 1.165) is 15.6 Å². The fourth-order valence-corrected chi connectivity index (χ4v) is 3.66. The number of rotatable bonds is 2. The summed E-state index contributed by atoms with van der Waals surface area (Å²) in [5, 5.41) is 8.53. The smallest absolute Gasteiger partial charge is 0.257 e. The third-order valence-corrected chi connectivity index (χ3v) is 4.78. The molecule has 0 aliphatic carbocycles. The Morgan fingerprint density at radius 1 is 1.14 bits per heavy atom. The molecule has 0 radical (unpaired) electrons. The molecule has 1 aromatic heterocycles. The SMILES string of the molecule is O=C1NCc2c(NC(=O)c3csc4ccccc34)cccc21. The van der Waals surface area contributed by atoms with Gasteiger partial charge in [-0.05, 0) is 18.2 Å². The van der Waals surface area contributed by atoms with Gasteiger partial charge in [0.05, 0.1) is 5.56 Å². The predicted molar refractivity (Wildman–Crippen MR) is 87.4 cm³/mol. The summed E-state index contributed by atoms with van der Waals surface area (Å²) in [5.74, 6) is -0.239. The van der Waals surface area contributed by atoms with Crippen LogP contribution in [0, 0.1) is 0 Å². The third-order valence-electron chi connectivity index (χ3n) is 3.82. The highest BCUT2D eigenvalue weighted by Gasteiger charge is 2.22. The van der Waals surface area contributed by atoms with Crippen LogP contribution in [-0.4, -0.2) is 11.8 Å². The van der Waals surface area contributed by atoms with E-state index in [1.54, 1.807) is 23.5 Å². The van der Waals surface area contributed by atoms with Crippen molar-refractivity contribution in [2.24, 2.45) is 0 Å². The lowest BCUT2D eigenvalue weighted by Crippen LogP contribution is -2.13. The highest BCUT2D eigenvalue weighted by atomic mass is 32.1. The number of amides is 2. The Labute approximate surface area is 130 Å². The van der Waals surface area contributed by atoms with E-state index in [4.69, 9.17) is 0 Å². The second-order valence-corrected chi connectivity index (χ2v) is 6.03.